The molecular formula is C22H42NO5+. The van der Waals surface area contributed by atoms with E-state index in [0.717, 1.165) is 51.4 Å². The number of carboxylic acid groups (broad SMARTS) is 1. The first-order valence-corrected chi connectivity index (χ1v) is 10.8. The van der Waals surface area contributed by atoms with Crippen molar-refractivity contribution in [2.45, 2.75) is 78.1 Å². The van der Waals surface area contributed by atoms with Crippen LogP contribution in [0, 0.1) is 0 Å². The van der Waals surface area contributed by atoms with Crippen LogP contribution >= 0.6 is 0 Å². The van der Waals surface area contributed by atoms with Gasteiger partial charge in [0.25, 0.3) is 0 Å². The molecular weight excluding hydrogens is 358 g/mol. The van der Waals surface area contributed by atoms with Gasteiger partial charge in [0.15, 0.2) is 0 Å². The molecule has 0 amide bonds. The van der Waals surface area contributed by atoms with Crippen molar-refractivity contribution in [2.75, 3.05) is 32.8 Å². The smallest absolute Gasteiger partial charge is 0.303 e. The Labute approximate surface area is 170 Å². The van der Waals surface area contributed by atoms with Crippen LogP contribution in [0.4, 0.5) is 0 Å². The summed E-state index contributed by atoms with van der Waals surface area (Å²) in [6, 6.07) is 0. The second-order valence-electron chi connectivity index (χ2n) is 7.71. The summed E-state index contributed by atoms with van der Waals surface area (Å²) in [6.45, 7) is 5.60. The molecule has 0 rings (SSSR count). The number of hydrogen-bond donors (Lipinski definition) is 4. The molecule has 0 aliphatic rings. The quantitative estimate of drug-likeness (QED) is 0.152. The second-order valence-corrected chi connectivity index (χ2v) is 7.71. The topological polar surface area (TPSA) is 98.0 Å². The average Bonchev–Trinajstić information content (AvgIpc) is 2.62. The van der Waals surface area contributed by atoms with Crippen molar-refractivity contribution in [3.05, 3.63) is 23.7 Å². The number of rotatable bonds is 18. The molecule has 0 bridgehead atoms. The van der Waals surface area contributed by atoms with Gasteiger partial charge in [0.1, 0.15) is 31.2 Å². The van der Waals surface area contributed by atoms with Crippen molar-refractivity contribution < 1.29 is 29.7 Å². The van der Waals surface area contributed by atoms with Crippen molar-refractivity contribution >= 4 is 5.97 Å². The summed E-state index contributed by atoms with van der Waals surface area (Å²) in [5, 5.41) is 39.4. The van der Waals surface area contributed by atoms with Gasteiger partial charge in [-0.15, -0.1) is 0 Å². The first-order chi connectivity index (χ1) is 13.4. The molecule has 0 heterocycles. The molecule has 0 fully saturated rings. The lowest BCUT2D eigenvalue weighted by atomic mass is 10.1. The number of quaternary nitrogens is 1. The highest BCUT2D eigenvalue weighted by Crippen LogP contribution is 2.17. The first kappa shape index (κ1) is 26.5. The van der Waals surface area contributed by atoms with Gasteiger partial charge in [-0.1, -0.05) is 39.5 Å². The van der Waals surface area contributed by atoms with E-state index in [9.17, 15) is 20.1 Å². The standard InChI is InChI=1S/C22H41NO5/c1-3-5-7-9-12-20(25)18-23(16-17-24,15-11-14-22(27)28)19-21(26)13-10-8-6-4-2/h12-13,24H,3-11,14-19H2,1-2H3,(H2-,25,26,27,28)/p+1/b20-12-,21-13-. The highest BCUT2D eigenvalue weighted by atomic mass is 16.4. The SMILES string of the molecule is CCCCC/C=C(\O)C[N+](CCO)(CCCC(=O)O)C/C(O)=C/CCCCC. The maximum absolute atomic E-state index is 10.9. The number of aliphatic carboxylic acids is 1. The van der Waals surface area contributed by atoms with Crippen LogP contribution in [-0.2, 0) is 4.79 Å². The Hall–Kier alpha value is -1.53. The van der Waals surface area contributed by atoms with Gasteiger partial charge in [-0.05, 0) is 37.8 Å². The Bertz CT molecular complexity index is 446. The Balaban J connectivity index is 5.17. The maximum Gasteiger partial charge on any atom is 0.303 e. The third kappa shape index (κ3) is 13.6. The van der Waals surface area contributed by atoms with E-state index in [1.54, 1.807) is 0 Å². The van der Waals surface area contributed by atoms with E-state index in [2.05, 4.69) is 13.8 Å². The van der Waals surface area contributed by atoms with Crippen molar-refractivity contribution in [1.29, 1.82) is 0 Å². The zero-order chi connectivity index (χ0) is 21.3. The fraction of sp³-hybridized carbons (Fsp3) is 0.773. The van der Waals surface area contributed by atoms with Gasteiger partial charge in [-0.2, -0.15) is 0 Å². The normalized spacial score (nSPS) is 14.8. The van der Waals surface area contributed by atoms with Crippen molar-refractivity contribution in [2.24, 2.45) is 0 Å². The van der Waals surface area contributed by atoms with Gasteiger partial charge in [-0.3, -0.25) is 4.79 Å². The van der Waals surface area contributed by atoms with Crippen LogP contribution in [0.5, 0.6) is 0 Å². The molecule has 0 aromatic heterocycles. The third-order valence-corrected chi connectivity index (χ3v) is 4.97. The number of carboxylic acids is 1. The lowest BCUT2D eigenvalue weighted by Crippen LogP contribution is -2.53. The maximum atomic E-state index is 10.9. The molecule has 6 nitrogen and oxygen atoms in total. The fourth-order valence-corrected chi connectivity index (χ4v) is 3.40. The van der Waals surface area contributed by atoms with Crippen LogP contribution in [0.15, 0.2) is 23.7 Å². The summed E-state index contributed by atoms with van der Waals surface area (Å²) < 4.78 is 0.260. The molecule has 28 heavy (non-hydrogen) atoms. The summed E-state index contributed by atoms with van der Waals surface area (Å²) >= 11 is 0. The van der Waals surface area contributed by atoms with Gasteiger partial charge in [0.2, 0.25) is 0 Å². The minimum absolute atomic E-state index is 0.0351. The van der Waals surface area contributed by atoms with Crippen molar-refractivity contribution in [3.63, 3.8) is 0 Å². The molecule has 0 aliphatic carbocycles. The molecule has 0 saturated heterocycles. The van der Waals surface area contributed by atoms with E-state index in [4.69, 9.17) is 5.11 Å². The molecule has 6 heteroatoms. The Morgan fingerprint density at radius 1 is 0.786 bits per heavy atom. The van der Waals surface area contributed by atoms with Crippen LogP contribution in [0.3, 0.4) is 0 Å². The number of aliphatic hydroxyl groups is 3. The van der Waals surface area contributed by atoms with E-state index in [0.29, 0.717) is 32.6 Å². The Morgan fingerprint density at radius 3 is 1.68 bits per heavy atom. The zero-order valence-corrected chi connectivity index (χ0v) is 17.9. The van der Waals surface area contributed by atoms with Crippen LogP contribution in [-0.4, -0.2) is 63.7 Å². The van der Waals surface area contributed by atoms with Crippen LogP contribution in [0.1, 0.15) is 78.1 Å². The summed E-state index contributed by atoms with van der Waals surface area (Å²) in [4.78, 5) is 10.9. The predicted octanol–water partition coefficient (Wildman–Crippen LogP) is 4.70. The van der Waals surface area contributed by atoms with Gasteiger partial charge >= 0.3 is 5.97 Å². The van der Waals surface area contributed by atoms with Gasteiger partial charge < -0.3 is 24.9 Å². The van der Waals surface area contributed by atoms with E-state index in [-0.39, 0.29) is 29.0 Å². The predicted molar refractivity (Wildman–Crippen MR) is 113 cm³/mol. The Morgan fingerprint density at radius 2 is 1.29 bits per heavy atom. The molecule has 0 radical (unpaired) electrons. The summed E-state index contributed by atoms with van der Waals surface area (Å²) in [6.07, 6.45) is 12.2. The molecule has 0 saturated carbocycles. The molecule has 4 N–H and O–H groups in total. The highest BCUT2D eigenvalue weighted by Gasteiger charge is 2.29. The number of unbranched alkanes of at least 4 members (excludes halogenated alkanes) is 6. The monoisotopic (exact) mass is 400 g/mol. The molecule has 0 unspecified atom stereocenters. The van der Waals surface area contributed by atoms with Gasteiger partial charge in [0.05, 0.1) is 19.6 Å². The molecule has 0 aromatic rings. The van der Waals surface area contributed by atoms with E-state index in [1.165, 1.54) is 0 Å². The molecule has 0 spiro atoms. The van der Waals surface area contributed by atoms with Crippen molar-refractivity contribution in [3.8, 4) is 0 Å². The van der Waals surface area contributed by atoms with Crippen LogP contribution in [0.2, 0.25) is 0 Å². The van der Waals surface area contributed by atoms with Gasteiger partial charge in [0, 0.05) is 6.42 Å². The molecule has 0 atom stereocenters. The van der Waals surface area contributed by atoms with Crippen LogP contribution < -0.4 is 0 Å². The Kier molecular flexibility index (Phi) is 15.5. The number of nitrogens with zero attached hydrogens (tertiary/aromatic N) is 1. The van der Waals surface area contributed by atoms with E-state index in [1.807, 2.05) is 12.2 Å². The molecule has 164 valence electrons. The minimum atomic E-state index is -0.860. The minimum Gasteiger partial charge on any atom is -0.507 e. The zero-order valence-electron chi connectivity index (χ0n) is 17.9. The van der Waals surface area contributed by atoms with E-state index >= 15 is 0 Å². The summed E-state index contributed by atoms with van der Waals surface area (Å²) in [5.74, 6) is -0.363. The lowest BCUT2D eigenvalue weighted by Gasteiger charge is -2.38. The largest absolute Gasteiger partial charge is 0.507 e. The second kappa shape index (κ2) is 16.4. The van der Waals surface area contributed by atoms with Gasteiger partial charge in [-0.25, -0.2) is 0 Å². The number of allylic oxidation sites excluding steroid dienone is 2. The summed E-state index contributed by atoms with van der Waals surface area (Å²) in [5.41, 5.74) is 0. The lowest BCUT2D eigenvalue weighted by molar-refractivity contribution is -0.922. The molecule has 0 aromatic carbocycles. The summed E-state index contributed by atoms with van der Waals surface area (Å²) in [7, 11) is 0. The van der Waals surface area contributed by atoms with Crippen molar-refractivity contribution in [1.82, 2.24) is 0 Å². The highest BCUT2D eigenvalue weighted by molar-refractivity contribution is 5.66. The number of aliphatic hydroxyl groups excluding tert-OH is 3. The van der Waals surface area contributed by atoms with Crippen LogP contribution in [0.25, 0.3) is 0 Å². The van der Waals surface area contributed by atoms with E-state index < -0.39 is 5.97 Å². The number of carbonyl (C=O) groups is 1. The number of hydrogen-bond acceptors (Lipinski definition) is 4. The molecule has 0 aliphatic heterocycles. The first-order valence-electron chi connectivity index (χ1n) is 10.8. The third-order valence-electron chi connectivity index (χ3n) is 4.97. The average molecular weight is 401 g/mol. The fourth-order valence-electron chi connectivity index (χ4n) is 3.40.